The van der Waals surface area contributed by atoms with Crippen LogP contribution in [0.4, 0.5) is 14.9 Å². The van der Waals surface area contributed by atoms with Crippen molar-refractivity contribution in [1.82, 2.24) is 4.90 Å². The molecule has 0 saturated heterocycles. The van der Waals surface area contributed by atoms with Gasteiger partial charge in [-0.2, -0.15) is 13.7 Å². The Morgan fingerprint density at radius 2 is 1.79 bits per heavy atom. The van der Waals surface area contributed by atoms with Crippen molar-refractivity contribution in [2.75, 3.05) is 5.32 Å². The van der Waals surface area contributed by atoms with E-state index in [1.54, 1.807) is 41.3 Å². The van der Waals surface area contributed by atoms with Gasteiger partial charge in [-0.05, 0) is 73.5 Å². The quantitative estimate of drug-likeness (QED) is 0.440. The van der Waals surface area contributed by atoms with Crippen LogP contribution in [-0.4, -0.2) is 25.4 Å². The highest BCUT2D eigenvalue weighted by atomic mass is 32.2. The second-order valence-electron chi connectivity index (χ2n) is 7.64. The number of nitrogens with zero attached hydrogens (tertiary/aromatic N) is 2. The number of benzene rings is 3. The predicted molar refractivity (Wildman–Crippen MR) is 126 cm³/mol. The van der Waals surface area contributed by atoms with Crippen molar-refractivity contribution in [2.24, 2.45) is 0 Å². The number of rotatable bonds is 8. The lowest BCUT2D eigenvalue weighted by molar-refractivity contribution is 0.187. The van der Waals surface area contributed by atoms with Crippen LogP contribution in [0.1, 0.15) is 31.4 Å². The molecule has 0 bridgehead atoms. The lowest BCUT2D eigenvalue weighted by Crippen LogP contribution is -2.40. The van der Waals surface area contributed by atoms with Gasteiger partial charge in [0, 0.05) is 18.3 Å². The first kappa shape index (κ1) is 24.7. The van der Waals surface area contributed by atoms with Crippen LogP contribution in [0.25, 0.3) is 0 Å². The zero-order chi connectivity index (χ0) is 24.7. The molecule has 0 aliphatic heterocycles. The minimum atomic E-state index is -4.10. The third-order valence-corrected chi connectivity index (χ3v) is 6.47. The number of nitrogens with one attached hydrogen (secondary N) is 1. The maximum absolute atomic E-state index is 13.1. The maximum Gasteiger partial charge on any atom is 0.339 e. The van der Waals surface area contributed by atoms with E-state index in [4.69, 9.17) is 9.44 Å². The molecule has 0 aliphatic carbocycles. The molecule has 0 radical (unpaired) electrons. The molecule has 0 saturated carbocycles. The van der Waals surface area contributed by atoms with Crippen LogP contribution in [0.3, 0.4) is 0 Å². The van der Waals surface area contributed by atoms with Gasteiger partial charge in [0.15, 0.2) is 0 Å². The molecule has 1 unspecified atom stereocenters. The van der Waals surface area contributed by atoms with E-state index in [2.05, 4.69) is 5.32 Å². The van der Waals surface area contributed by atoms with Crippen molar-refractivity contribution in [2.45, 2.75) is 37.8 Å². The van der Waals surface area contributed by atoms with Crippen molar-refractivity contribution >= 4 is 21.8 Å². The highest BCUT2D eigenvalue weighted by Gasteiger charge is 2.20. The van der Waals surface area contributed by atoms with Gasteiger partial charge in [0.1, 0.15) is 16.5 Å². The predicted octanol–water partition coefficient (Wildman–Crippen LogP) is 5.30. The van der Waals surface area contributed by atoms with Gasteiger partial charge >= 0.3 is 16.1 Å². The van der Waals surface area contributed by atoms with Gasteiger partial charge < -0.3 is 14.4 Å². The van der Waals surface area contributed by atoms with E-state index >= 15 is 0 Å². The Kier molecular flexibility index (Phi) is 7.87. The molecule has 3 aromatic carbocycles. The molecule has 3 rings (SSSR count). The van der Waals surface area contributed by atoms with Crippen molar-refractivity contribution in [3.8, 4) is 11.8 Å². The average Bonchev–Trinajstić information content (AvgIpc) is 2.83. The molecule has 0 aromatic heterocycles. The molecular weight excluding hydrogens is 457 g/mol. The number of anilines is 1. The Morgan fingerprint density at radius 1 is 1.12 bits per heavy atom. The zero-order valence-corrected chi connectivity index (χ0v) is 19.5. The fourth-order valence-electron chi connectivity index (χ4n) is 3.13. The van der Waals surface area contributed by atoms with E-state index < -0.39 is 15.9 Å². The van der Waals surface area contributed by atoms with Gasteiger partial charge in [0.05, 0.1) is 11.6 Å². The van der Waals surface area contributed by atoms with Crippen LogP contribution < -0.4 is 9.50 Å². The summed E-state index contributed by atoms with van der Waals surface area (Å²) >= 11 is 0. The smallest absolute Gasteiger partial charge is 0.339 e. The second-order valence-corrected chi connectivity index (χ2v) is 9.19. The van der Waals surface area contributed by atoms with E-state index in [0.29, 0.717) is 11.3 Å². The molecule has 0 heterocycles. The third kappa shape index (κ3) is 6.33. The summed E-state index contributed by atoms with van der Waals surface area (Å²) in [6, 6.07) is 19.0. The third-order valence-electron chi connectivity index (χ3n) is 5.21. The van der Waals surface area contributed by atoms with E-state index in [-0.39, 0.29) is 29.3 Å². The number of halogens is 1. The minimum absolute atomic E-state index is 0.0751. The van der Waals surface area contributed by atoms with Crippen LogP contribution in [0.15, 0.2) is 77.7 Å². The normalized spacial score (nSPS) is 11.8. The number of carbonyl (C=O) groups excluding carboxylic acids is 1. The molecule has 0 aliphatic rings. The number of nitriles is 1. The van der Waals surface area contributed by atoms with Crippen LogP contribution in [0.2, 0.25) is 0 Å². The summed E-state index contributed by atoms with van der Waals surface area (Å²) in [6.07, 6.45) is 0.725. The van der Waals surface area contributed by atoms with Crippen LogP contribution in [-0.2, 0) is 16.7 Å². The molecule has 34 heavy (non-hydrogen) atoms. The first-order valence-corrected chi connectivity index (χ1v) is 12.0. The van der Waals surface area contributed by atoms with Crippen LogP contribution >= 0.6 is 0 Å². The standard InChI is InChI=1S/C25H24FN3O4S/c1-3-18(2)29(25(30)28-22-6-4-5-20(15-22)16-27)17-19-7-11-23(12-8-19)33-34(31,32)24-13-9-21(26)10-14-24/h4-15,18H,3,17H2,1-2H3,(H,28,30). The maximum atomic E-state index is 13.1. The number of hydrogen-bond acceptors (Lipinski definition) is 5. The van der Waals surface area contributed by atoms with E-state index in [1.165, 1.54) is 12.1 Å². The number of carbonyl (C=O) groups is 1. The van der Waals surface area contributed by atoms with Crippen molar-refractivity contribution < 1.29 is 21.8 Å². The summed E-state index contributed by atoms with van der Waals surface area (Å²) in [5.41, 5.74) is 1.74. The Bertz CT molecular complexity index is 1290. The molecule has 7 nitrogen and oxygen atoms in total. The van der Waals surface area contributed by atoms with Gasteiger partial charge in [-0.3, -0.25) is 0 Å². The lowest BCUT2D eigenvalue weighted by Gasteiger charge is -2.29. The van der Waals surface area contributed by atoms with E-state index in [0.717, 1.165) is 36.2 Å². The minimum Gasteiger partial charge on any atom is -0.379 e. The first-order chi connectivity index (χ1) is 16.2. The molecule has 2 amide bonds. The molecular formula is C25H24FN3O4S. The highest BCUT2D eigenvalue weighted by Crippen LogP contribution is 2.21. The molecule has 1 N–H and O–H groups in total. The topological polar surface area (TPSA) is 99.5 Å². The summed E-state index contributed by atoms with van der Waals surface area (Å²) in [7, 11) is -4.10. The van der Waals surface area contributed by atoms with Crippen molar-refractivity contribution in [3.63, 3.8) is 0 Å². The molecule has 0 fully saturated rings. The van der Waals surface area contributed by atoms with Gasteiger partial charge in [0.25, 0.3) is 0 Å². The van der Waals surface area contributed by atoms with Crippen molar-refractivity contribution in [1.29, 1.82) is 5.26 Å². The van der Waals surface area contributed by atoms with Gasteiger partial charge in [-0.25, -0.2) is 9.18 Å². The molecule has 3 aromatic rings. The fraction of sp³-hybridized carbons (Fsp3) is 0.200. The largest absolute Gasteiger partial charge is 0.379 e. The molecule has 1 atom stereocenters. The summed E-state index contributed by atoms with van der Waals surface area (Å²) in [5.74, 6) is -0.447. The summed E-state index contributed by atoms with van der Waals surface area (Å²) in [6.45, 7) is 4.18. The number of urea groups is 1. The Morgan fingerprint density at radius 3 is 2.41 bits per heavy atom. The SMILES string of the molecule is CCC(C)N(Cc1ccc(OS(=O)(=O)c2ccc(F)cc2)cc1)C(=O)Nc1cccc(C#N)c1. The van der Waals surface area contributed by atoms with Crippen LogP contribution in [0.5, 0.6) is 5.75 Å². The number of hydrogen-bond donors (Lipinski definition) is 1. The van der Waals surface area contributed by atoms with Gasteiger partial charge in [-0.1, -0.05) is 25.1 Å². The fourth-order valence-corrected chi connectivity index (χ4v) is 4.06. The molecule has 0 spiro atoms. The van der Waals surface area contributed by atoms with E-state index in [9.17, 15) is 17.6 Å². The lowest BCUT2D eigenvalue weighted by atomic mass is 10.1. The second kappa shape index (κ2) is 10.8. The Labute approximate surface area is 198 Å². The average molecular weight is 482 g/mol. The Hall–Kier alpha value is -3.90. The highest BCUT2D eigenvalue weighted by molar-refractivity contribution is 7.87. The summed E-state index contributed by atoms with van der Waals surface area (Å²) in [4.78, 5) is 14.5. The molecule has 9 heteroatoms. The summed E-state index contributed by atoms with van der Waals surface area (Å²) in [5, 5.41) is 11.9. The monoisotopic (exact) mass is 481 g/mol. The summed E-state index contributed by atoms with van der Waals surface area (Å²) < 4.78 is 43.0. The Balaban J connectivity index is 1.71. The van der Waals surface area contributed by atoms with E-state index in [1.807, 2.05) is 19.9 Å². The number of amides is 2. The van der Waals surface area contributed by atoms with Gasteiger partial charge in [0.2, 0.25) is 0 Å². The van der Waals surface area contributed by atoms with Gasteiger partial charge in [-0.15, -0.1) is 0 Å². The van der Waals surface area contributed by atoms with Crippen LogP contribution in [0, 0.1) is 17.1 Å². The first-order valence-electron chi connectivity index (χ1n) is 10.6. The zero-order valence-electron chi connectivity index (χ0n) is 18.7. The molecule has 176 valence electrons. The van der Waals surface area contributed by atoms with Crippen molar-refractivity contribution in [3.05, 3.63) is 89.7 Å².